The number of nitrogen functional groups attached to an aromatic ring is 1. The first kappa shape index (κ1) is 10.8. The van der Waals surface area contributed by atoms with Crippen molar-refractivity contribution in [1.82, 2.24) is 9.97 Å². The van der Waals surface area contributed by atoms with E-state index >= 15 is 0 Å². The van der Waals surface area contributed by atoms with Crippen LogP contribution in [0.2, 0.25) is 0 Å². The molecule has 0 aliphatic rings. The van der Waals surface area contributed by atoms with Crippen LogP contribution in [0.5, 0.6) is 0 Å². The monoisotopic (exact) mass is 282 g/mol. The predicted octanol–water partition coefficient (Wildman–Crippen LogP) is 2.70. The molecule has 0 aliphatic carbocycles. The second-order valence-electron chi connectivity index (χ2n) is 3.03. The zero-order chi connectivity index (χ0) is 11.5. The van der Waals surface area contributed by atoms with Crippen molar-refractivity contribution in [3.8, 4) is 0 Å². The van der Waals surface area contributed by atoms with E-state index in [0.717, 1.165) is 0 Å². The highest BCUT2D eigenvalue weighted by atomic mass is 79.9. The van der Waals surface area contributed by atoms with Crippen LogP contribution in [-0.2, 0) is 0 Å². The van der Waals surface area contributed by atoms with Gasteiger partial charge in [-0.2, -0.15) is 0 Å². The summed E-state index contributed by atoms with van der Waals surface area (Å²) in [4.78, 5) is 7.75. The van der Waals surface area contributed by atoms with Crippen molar-refractivity contribution in [3.63, 3.8) is 0 Å². The molecule has 16 heavy (non-hydrogen) atoms. The molecule has 2 rings (SSSR count). The topological polar surface area (TPSA) is 63.8 Å². The number of nitrogens with one attached hydrogen (secondary N) is 1. The maximum atomic E-state index is 13.4. The quantitative estimate of drug-likeness (QED) is 0.889. The lowest BCUT2D eigenvalue weighted by molar-refractivity contribution is 0.632. The summed E-state index contributed by atoms with van der Waals surface area (Å²) in [6.07, 6.45) is 1.31. The second-order valence-corrected chi connectivity index (χ2v) is 3.82. The van der Waals surface area contributed by atoms with E-state index in [-0.39, 0.29) is 5.82 Å². The minimum atomic E-state index is -0.355. The molecule has 1 aromatic carbocycles. The fourth-order valence-corrected chi connectivity index (χ4v) is 1.46. The molecular formula is C10H8BrFN4. The van der Waals surface area contributed by atoms with Crippen LogP contribution in [0.1, 0.15) is 0 Å². The fourth-order valence-electron chi connectivity index (χ4n) is 1.16. The van der Waals surface area contributed by atoms with E-state index in [0.29, 0.717) is 21.8 Å². The molecule has 0 saturated heterocycles. The lowest BCUT2D eigenvalue weighted by Crippen LogP contribution is -2.01. The van der Waals surface area contributed by atoms with E-state index in [1.54, 1.807) is 18.2 Å². The van der Waals surface area contributed by atoms with Crippen LogP contribution in [0.15, 0.2) is 35.1 Å². The van der Waals surface area contributed by atoms with Crippen molar-refractivity contribution in [2.75, 3.05) is 11.1 Å². The van der Waals surface area contributed by atoms with Gasteiger partial charge in [0.1, 0.15) is 28.3 Å². The van der Waals surface area contributed by atoms with E-state index < -0.39 is 0 Å². The van der Waals surface area contributed by atoms with Gasteiger partial charge in [0.15, 0.2) is 0 Å². The Morgan fingerprint density at radius 3 is 2.75 bits per heavy atom. The predicted molar refractivity (Wildman–Crippen MR) is 63.8 cm³/mol. The third-order valence-corrected chi connectivity index (χ3v) is 2.73. The Morgan fingerprint density at radius 1 is 1.25 bits per heavy atom. The number of nitrogens with zero attached hydrogens (tertiary/aromatic N) is 2. The molecule has 0 aliphatic heterocycles. The highest BCUT2D eigenvalue weighted by molar-refractivity contribution is 9.10. The van der Waals surface area contributed by atoms with Crippen LogP contribution >= 0.6 is 15.9 Å². The van der Waals surface area contributed by atoms with Crippen molar-refractivity contribution < 1.29 is 4.39 Å². The molecule has 6 heteroatoms. The Hall–Kier alpha value is -1.69. The molecule has 4 nitrogen and oxygen atoms in total. The van der Waals surface area contributed by atoms with Gasteiger partial charge in [0, 0.05) is 0 Å². The summed E-state index contributed by atoms with van der Waals surface area (Å²) in [7, 11) is 0. The number of anilines is 3. The summed E-state index contributed by atoms with van der Waals surface area (Å²) in [6, 6.07) is 6.31. The highest BCUT2D eigenvalue weighted by Crippen LogP contribution is 2.27. The van der Waals surface area contributed by atoms with Crippen molar-refractivity contribution in [1.29, 1.82) is 0 Å². The summed E-state index contributed by atoms with van der Waals surface area (Å²) in [6.45, 7) is 0. The van der Waals surface area contributed by atoms with E-state index in [2.05, 4.69) is 31.2 Å². The minimum absolute atomic E-state index is 0.300. The van der Waals surface area contributed by atoms with E-state index in [4.69, 9.17) is 5.73 Å². The van der Waals surface area contributed by atoms with Crippen molar-refractivity contribution in [2.45, 2.75) is 0 Å². The number of halogens is 2. The summed E-state index contributed by atoms with van der Waals surface area (Å²) >= 11 is 3.23. The molecule has 82 valence electrons. The van der Waals surface area contributed by atoms with Gasteiger partial charge in [-0.1, -0.05) is 12.1 Å². The third kappa shape index (κ3) is 2.11. The number of nitrogens with two attached hydrogens (primary N) is 1. The van der Waals surface area contributed by atoms with E-state index in [1.807, 2.05) is 0 Å². The molecular weight excluding hydrogens is 275 g/mol. The summed E-state index contributed by atoms with van der Waals surface area (Å²) in [5.41, 5.74) is 5.92. The number of aromatic nitrogens is 2. The first-order valence-corrected chi connectivity index (χ1v) is 5.25. The van der Waals surface area contributed by atoms with Crippen LogP contribution in [-0.4, -0.2) is 9.97 Å². The molecule has 0 amide bonds. The van der Waals surface area contributed by atoms with Gasteiger partial charge >= 0.3 is 0 Å². The molecule has 0 bridgehead atoms. The Bertz CT molecular complexity index is 518. The molecule has 3 N–H and O–H groups in total. The van der Waals surface area contributed by atoms with Gasteiger partial charge in [-0.25, -0.2) is 14.4 Å². The van der Waals surface area contributed by atoms with Crippen LogP contribution in [0.4, 0.5) is 21.7 Å². The Morgan fingerprint density at radius 2 is 2.00 bits per heavy atom. The third-order valence-electron chi connectivity index (χ3n) is 1.94. The van der Waals surface area contributed by atoms with Gasteiger partial charge in [-0.15, -0.1) is 0 Å². The van der Waals surface area contributed by atoms with Gasteiger partial charge < -0.3 is 11.1 Å². The first-order chi connectivity index (χ1) is 7.68. The minimum Gasteiger partial charge on any atom is -0.383 e. The average Bonchev–Trinajstić information content (AvgIpc) is 2.28. The number of rotatable bonds is 2. The molecule has 1 aromatic heterocycles. The molecule has 0 fully saturated rings. The maximum absolute atomic E-state index is 13.4. The van der Waals surface area contributed by atoms with Gasteiger partial charge in [0.25, 0.3) is 0 Å². The van der Waals surface area contributed by atoms with Gasteiger partial charge in [0.05, 0.1) is 5.69 Å². The molecule has 0 saturated carbocycles. The number of benzene rings is 1. The van der Waals surface area contributed by atoms with Crippen LogP contribution in [0, 0.1) is 5.82 Å². The maximum Gasteiger partial charge on any atom is 0.150 e. The number of hydrogen-bond acceptors (Lipinski definition) is 4. The van der Waals surface area contributed by atoms with Crippen molar-refractivity contribution >= 4 is 33.3 Å². The van der Waals surface area contributed by atoms with Crippen molar-refractivity contribution in [2.24, 2.45) is 0 Å². The Balaban J connectivity index is 2.35. The lowest BCUT2D eigenvalue weighted by Gasteiger charge is -2.08. The summed E-state index contributed by atoms with van der Waals surface area (Å²) in [5.74, 6) is 0.373. The van der Waals surface area contributed by atoms with Gasteiger partial charge in [-0.05, 0) is 28.1 Å². The van der Waals surface area contributed by atoms with E-state index in [9.17, 15) is 4.39 Å². The molecule has 0 spiro atoms. The SMILES string of the molecule is Nc1ncnc(Nc2ccccc2F)c1Br. The lowest BCUT2D eigenvalue weighted by atomic mass is 10.3. The van der Waals surface area contributed by atoms with E-state index in [1.165, 1.54) is 12.4 Å². The summed E-state index contributed by atoms with van der Waals surface area (Å²) < 4.78 is 13.9. The fraction of sp³-hybridized carbons (Fsp3) is 0. The highest BCUT2D eigenvalue weighted by Gasteiger charge is 2.08. The number of para-hydroxylation sites is 1. The van der Waals surface area contributed by atoms with Crippen molar-refractivity contribution in [3.05, 3.63) is 40.9 Å². The zero-order valence-electron chi connectivity index (χ0n) is 8.11. The van der Waals surface area contributed by atoms with Gasteiger partial charge in [-0.3, -0.25) is 0 Å². The van der Waals surface area contributed by atoms with Gasteiger partial charge in [0.2, 0.25) is 0 Å². The second kappa shape index (κ2) is 4.44. The Labute approximate surface area is 99.9 Å². The molecule has 0 atom stereocenters. The largest absolute Gasteiger partial charge is 0.383 e. The van der Waals surface area contributed by atoms with Crippen LogP contribution < -0.4 is 11.1 Å². The number of hydrogen-bond donors (Lipinski definition) is 2. The standard InChI is InChI=1S/C10H8BrFN4/c11-8-9(13)14-5-15-10(8)16-7-4-2-1-3-6(7)12/h1-5H,(H3,13,14,15,16). The smallest absolute Gasteiger partial charge is 0.150 e. The van der Waals surface area contributed by atoms with Crippen LogP contribution in [0.25, 0.3) is 0 Å². The first-order valence-electron chi connectivity index (χ1n) is 4.46. The molecule has 2 aromatic rings. The normalized spacial score (nSPS) is 10.1. The molecule has 0 unspecified atom stereocenters. The Kier molecular flexibility index (Phi) is 3.00. The molecule has 1 heterocycles. The van der Waals surface area contributed by atoms with Crippen LogP contribution in [0.3, 0.4) is 0 Å². The molecule has 0 radical (unpaired) electrons. The average molecular weight is 283 g/mol. The zero-order valence-corrected chi connectivity index (χ0v) is 9.70. The summed E-state index contributed by atoms with van der Waals surface area (Å²) in [5, 5.41) is 2.83.